The van der Waals surface area contributed by atoms with Crippen LogP contribution in [-0.2, 0) is 5.41 Å². The van der Waals surface area contributed by atoms with Crippen LogP contribution in [0.2, 0.25) is 0 Å². The number of aromatic nitrogens is 3. The predicted molar refractivity (Wildman–Crippen MR) is 168 cm³/mol. The van der Waals surface area contributed by atoms with E-state index in [2.05, 4.69) is 108 Å². The molecule has 0 spiro atoms. The number of nitrogens with zero attached hydrogens (tertiary/aromatic N) is 3. The van der Waals surface area contributed by atoms with Gasteiger partial charge in [0.15, 0.2) is 0 Å². The van der Waals surface area contributed by atoms with E-state index in [1.807, 2.05) is 30.6 Å². The summed E-state index contributed by atoms with van der Waals surface area (Å²) in [6, 6.07) is 37.2. The lowest BCUT2D eigenvalue weighted by molar-refractivity contribution is 0.396. The van der Waals surface area contributed by atoms with Gasteiger partial charge in [0.25, 0.3) is 0 Å². The molecule has 0 saturated heterocycles. The van der Waals surface area contributed by atoms with Crippen LogP contribution in [0, 0.1) is 0 Å². The summed E-state index contributed by atoms with van der Waals surface area (Å²) >= 11 is 0. The van der Waals surface area contributed by atoms with Crippen LogP contribution in [0.15, 0.2) is 116 Å². The molecule has 40 heavy (non-hydrogen) atoms. The third kappa shape index (κ3) is 4.70. The maximum absolute atomic E-state index is 4.97. The Bertz CT molecular complexity index is 1710. The summed E-state index contributed by atoms with van der Waals surface area (Å²) in [5.74, 6) is 0. The Morgan fingerprint density at radius 3 is 2.08 bits per heavy atom. The van der Waals surface area contributed by atoms with Crippen LogP contribution in [0.5, 0.6) is 0 Å². The molecule has 0 N–H and O–H groups in total. The van der Waals surface area contributed by atoms with Crippen LogP contribution in [-0.4, -0.2) is 14.5 Å². The molecule has 0 amide bonds. The third-order valence-corrected chi connectivity index (χ3v) is 8.36. The van der Waals surface area contributed by atoms with Gasteiger partial charge in [-0.3, -0.25) is 9.97 Å². The predicted octanol–water partition coefficient (Wildman–Crippen LogP) is 9.91. The molecule has 3 aromatic carbocycles. The molecule has 0 radical (unpaired) electrons. The van der Waals surface area contributed by atoms with Gasteiger partial charge in [-0.05, 0) is 66.9 Å². The molecule has 0 atom stereocenters. The van der Waals surface area contributed by atoms with E-state index in [0.717, 1.165) is 29.8 Å². The average Bonchev–Trinajstić information content (AvgIpc) is 3.36. The topological polar surface area (TPSA) is 30.7 Å². The number of fused-ring (bicyclic) bond motifs is 3. The van der Waals surface area contributed by atoms with Crippen LogP contribution in [0.25, 0.3) is 38.8 Å². The van der Waals surface area contributed by atoms with Crippen LogP contribution >= 0.6 is 0 Å². The molecule has 0 aliphatic carbocycles. The number of hydrogen-bond donors (Lipinski definition) is 0. The van der Waals surface area contributed by atoms with Crippen molar-refractivity contribution < 1.29 is 0 Å². The molecule has 3 nitrogen and oxygen atoms in total. The van der Waals surface area contributed by atoms with Crippen LogP contribution in [0.3, 0.4) is 0 Å². The molecule has 0 saturated carbocycles. The van der Waals surface area contributed by atoms with Crippen LogP contribution in [0.1, 0.15) is 63.6 Å². The van der Waals surface area contributed by atoms with Gasteiger partial charge >= 0.3 is 0 Å². The lowest BCUT2D eigenvalue weighted by atomic mass is 9.70. The van der Waals surface area contributed by atoms with Crippen molar-refractivity contribution in [3.63, 3.8) is 0 Å². The van der Waals surface area contributed by atoms with E-state index >= 15 is 0 Å². The number of unbranched alkanes of at least 4 members (excludes halogenated alkanes) is 2. The van der Waals surface area contributed by atoms with E-state index in [9.17, 15) is 0 Å². The summed E-state index contributed by atoms with van der Waals surface area (Å²) in [5.41, 5.74) is 8.16. The highest BCUT2D eigenvalue weighted by Gasteiger charge is 2.35. The summed E-state index contributed by atoms with van der Waals surface area (Å²) in [4.78, 5) is 9.59. The highest BCUT2D eigenvalue weighted by atomic mass is 15.0. The van der Waals surface area contributed by atoms with Crippen molar-refractivity contribution in [2.24, 2.45) is 0 Å². The minimum Gasteiger partial charge on any atom is -0.309 e. The zero-order valence-electron chi connectivity index (χ0n) is 23.6. The van der Waals surface area contributed by atoms with Crippen molar-refractivity contribution in [1.29, 1.82) is 0 Å². The molecule has 0 unspecified atom stereocenters. The van der Waals surface area contributed by atoms with Gasteiger partial charge in [-0.25, -0.2) is 0 Å². The normalized spacial score (nSPS) is 11.8. The highest BCUT2D eigenvalue weighted by molar-refractivity contribution is 6.09. The van der Waals surface area contributed by atoms with Crippen LogP contribution in [0.4, 0.5) is 0 Å². The number of rotatable bonds is 10. The Morgan fingerprint density at radius 1 is 0.625 bits per heavy atom. The number of benzene rings is 3. The maximum atomic E-state index is 4.97. The van der Waals surface area contributed by atoms with Gasteiger partial charge in [0.2, 0.25) is 0 Å². The van der Waals surface area contributed by atoms with Gasteiger partial charge < -0.3 is 4.57 Å². The zero-order valence-corrected chi connectivity index (χ0v) is 23.6. The minimum absolute atomic E-state index is 0.113. The summed E-state index contributed by atoms with van der Waals surface area (Å²) < 4.78 is 2.43. The Hall–Kier alpha value is -4.24. The summed E-state index contributed by atoms with van der Waals surface area (Å²) in [6.07, 6.45) is 10.7. The van der Waals surface area contributed by atoms with Gasteiger partial charge in [-0.2, -0.15) is 0 Å². The highest BCUT2D eigenvalue weighted by Crippen LogP contribution is 2.43. The molecule has 6 rings (SSSR count). The van der Waals surface area contributed by atoms with Gasteiger partial charge in [-0.15, -0.1) is 0 Å². The first-order chi connectivity index (χ1) is 19.7. The fourth-order valence-corrected chi connectivity index (χ4v) is 6.30. The van der Waals surface area contributed by atoms with E-state index in [-0.39, 0.29) is 5.41 Å². The van der Waals surface area contributed by atoms with Crippen molar-refractivity contribution in [1.82, 2.24) is 14.5 Å². The number of pyridine rings is 2. The second kappa shape index (κ2) is 11.5. The Labute approximate surface area is 237 Å². The van der Waals surface area contributed by atoms with Gasteiger partial charge in [0, 0.05) is 39.8 Å². The summed E-state index contributed by atoms with van der Waals surface area (Å²) in [7, 11) is 0. The molecule has 0 aliphatic rings. The van der Waals surface area contributed by atoms with E-state index in [4.69, 9.17) is 4.98 Å². The zero-order chi connectivity index (χ0) is 27.4. The SMILES string of the molecule is CCCCC(CCCC)(c1ccc2c3ccccc3n(-c3cccc(-c4ccccn4)c3)c2c1)c1ccccn1. The number of para-hydroxylation sites is 1. The van der Waals surface area contributed by atoms with Gasteiger partial charge in [0.05, 0.1) is 22.4 Å². The van der Waals surface area contributed by atoms with E-state index in [1.165, 1.54) is 58.7 Å². The van der Waals surface area contributed by atoms with Crippen molar-refractivity contribution in [3.05, 3.63) is 127 Å². The van der Waals surface area contributed by atoms with Crippen molar-refractivity contribution >= 4 is 21.8 Å². The van der Waals surface area contributed by atoms with Gasteiger partial charge in [0.1, 0.15) is 0 Å². The molecule has 0 fully saturated rings. The Morgan fingerprint density at radius 2 is 1.35 bits per heavy atom. The molecule has 3 heterocycles. The Balaban J connectivity index is 1.60. The van der Waals surface area contributed by atoms with Crippen molar-refractivity contribution in [3.8, 4) is 16.9 Å². The van der Waals surface area contributed by atoms with Gasteiger partial charge in [-0.1, -0.05) is 94.1 Å². The smallest absolute Gasteiger partial charge is 0.0702 e. The lowest BCUT2D eigenvalue weighted by Gasteiger charge is -2.34. The first-order valence-corrected chi connectivity index (χ1v) is 14.7. The summed E-state index contributed by atoms with van der Waals surface area (Å²) in [6.45, 7) is 4.58. The van der Waals surface area contributed by atoms with Crippen molar-refractivity contribution in [2.45, 2.75) is 57.8 Å². The molecule has 6 aromatic rings. The third-order valence-electron chi connectivity index (χ3n) is 8.36. The first-order valence-electron chi connectivity index (χ1n) is 14.7. The quantitative estimate of drug-likeness (QED) is 0.179. The first kappa shape index (κ1) is 26.0. The molecular formula is C37H37N3. The fourth-order valence-electron chi connectivity index (χ4n) is 6.30. The monoisotopic (exact) mass is 523 g/mol. The minimum atomic E-state index is -0.113. The Kier molecular flexibility index (Phi) is 7.46. The summed E-state index contributed by atoms with van der Waals surface area (Å²) in [5, 5.41) is 2.56. The largest absolute Gasteiger partial charge is 0.309 e. The average molecular weight is 524 g/mol. The standard InChI is InChI=1S/C37H37N3/c1-3-5-22-37(23-6-4-2,36-19-10-12-25-39-36)29-20-21-32-31-16-7-8-18-34(31)40(35(32)27-29)30-15-13-14-28(26-30)33-17-9-11-24-38-33/h7-21,24-27H,3-6,22-23H2,1-2H3. The van der Waals surface area contributed by atoms with E-state index in [1.54, 1.807) is 0 Å². The molecule has 3 aromatic heterocycles. The van der Waals surface area contributed by atoms with E-state index < -0.39 is 0 Å². The fraction of sp³-hybridized carbons (Fsp3) is 0.243. The van der Waals surface area contributed by atoms with Crippen LogP contribution < -0.4 is 0 Å². The molecule has 0 bridgehead atoms. The molecule has 0 aliphatic heterocycles. The molecule has 200 valence electrons. The lowest BCUT2D eigenvalue weighted by Crippen LogP contribution is -2.29. The molecule has 3 heteroatoms. The second-order valence-corrected chi connectivity index (χ2v) is 10.9. The maximum Gasteiger partial charge on any atom is 0.0702 e. The number of hydrogen-bond acceptors (Lipinski definition) is 2. The van der Waals surface area contributed by atoms with E-state index in [0.29, 0.717) is 0 Å². The molecular weight excluding hydrogens is 486 g/mol. The van der Waals surface area contributed by atoms with Crippen molar-refractivity contribution in [2.75, 3.05) is 0 Å². The second-order valence-electron chi connectivity index (χ2n) is 10.9.